The zero-order valence-electron chi connectivity index (χ0n) is 10.4. The van der Waals surface area contributed by atoms with Crippen molar-refractivity contribution in [2.45, 2.75) is 24.3 Å². The average molecular weight is 272 g/mol. The molecule has 0 aliphatic rings. The van der Waals surface area contributed by atoms with Crippen LogP contribution in [0, 0.1) is 0 Å². The van der Waals surface area contributed by atoms with Crippen molar-refractivity contribution in [1.29, 1.82) is 0 Å². The standard InChI is InChI=1S/C11H16N2O4S/c1-11(2,17-3)10(14)13-8-6-4-5-7-9(8)18(12,15)16/h4-7H,1-3H3,(H,13,14)(H2,12,15,16). The normalized spacial score (nSPS) is 12.2. The number of hydrogen-bond acceptors (Lipinski definition) is 4. The van der Waals surface area contributed by atoms with E-state index in [4.69, 9.17) is 9.88 Å². The fourth-order valence-corrected chi connectivity index (χ4v) is 1.88. The van der Waals surface area contributed by atoms with Gasteiger partial charge in [-0.25, -0.2) is 13.6 Å². The van der Waals surface area contributed by atoms with Crippen LogP contribution in [-0.2, 0) is 19.6 Å². The second-order valence-corrected chi connectivity index (χ2v) is 5.74. The number of nitrogens with two attached hydrogens (primary N) is 1. The molecule has 0 radical (unpaired) electrons. The lowest BCUT2D eigenvalue weighted by Gasteiger charge is -2.22. The maximum absolute atomic E-state index is 11.9. The van der Waals surface area contributed by atoms with E-state index in [9.17, 15) is 13.2 Å². The van der Waals surface area contributed by atoms with Crippen LogP contribution >= 0.6 is 0 Å². The average Bonchev–Trinajstić information content (AvgIpc) is 2.28. The van der Waals surface area contributed by atoms with Crippen LogP contribution in [0.15, 0.2) is 29.2 Å². The highest BCUT2D eigenvalue weighted by atomic mass is 32.2. The molecule has 0 spiro atoms. The monoisotopic (exact) mass is 272 g/mol. The maximum atomic E-state index is 11.9. The van der Waals surface area contributed by atoms with Gasteiger partial charge in [-0.3, -0.25) is 4.79 Å². The maximum Gasteiger partial charge on any atom is 0.256 e. The zero-order valence-corrected chi connectivity index (χ0v) is 11.2. The molecule has 100 valence electrons. The quantitative estimate of drug-likeness (QED) is 0.842. The lowest BCUT2D eigenvalue weighted by atomic mass is 10.1. The molecule has 1 rings (SSSR count). The topological polar surface area (TPSA) is 98.5 Å². The largest absolute Gasteiger partial charge is 0.369 e. The summed E-state index contributed by atoms with van der Waals surface area (Å²) in [5.41, 5.74) is -0.930. The van der Waals surface area contributed by atoms with Crippen molar-refractivity contribution in [3.63, 3.8) is 0 Å². The van der Waals surface area contributed by atoms with Crippen LogP contribution in [0.2, 0.25) is 0 Å². The minimum absolute atomic E-state index is 0.134. The summed E-state index contributed by atoms with van der Waals surface area (Å²) in [6.45, 7) is 3.14. The summed E-state index contributed by atoms with van der Waals surface area (Å²) in [6, 6.07) is 5.91. The number of hydrogen-bond donors (Lipinski definition) is 2. The Morgan fingerprint density at radius 2 is 1.89 bits per heavy atom. The van der Waals surface area contributed by atoms with Gasteiger partial charge >= 0.3 is 0 Å². The van der Waals surface area contributed by atoms with E-state index in [1.54, 1.807) is 19.9 Å². The minimum Gasteiger partial charge on any atom is -0.369 e. The lowest BCUT2D eigenvalue weighted by Crippen LogP contribution is -2.39. The van der Waals surface area contributed by atoms with E-state index in [2.05, 4.69) is 5.32 Å². The van der Waals surface area contributed by atoms with Crippen LogP contribution in [0.4, 0.5) is 5.69 Å². The number of primary sulfonamides is 1. The Kier molecular flexibility index (Phi) is 4.10. The van der Waals surface area contributed by atoms with Crippen LogP contribution in [0.3, 0.4) is 0 Å². The molecule has 1 aromatic carbocycles. The molecule has 0 aliphatic heterocycles. The van der Waals surface area contributed by atoms with Gasteiger partial charge in [0.25, 0.3) is 5.91 Å². The Morgan fingerprint density at radius 1 is 1.33 bits per heavy atom. The van der Waals surface area contributed by atoms with E-state index in [1.807, 2.05) is 0 Å². The van der Waals surface area contributed by atoms with Gasteiger partial charge in [0.2, 0.25) is 10.0 Å². The molecule has 18 heavy (non-hydrogen) atoms. The minimum atomic E-state index is -3.89. The Balaban J connectivity index is 3.11. The van der Waals surface area contributed by atoms with Crippen molar-refractivity contribution in [2.24, 2.45) is 5.14 Å². The van der Waals surface area contributed by atoms with Crippen molar-refractivity contribution in [1.82, 2.24) is 0 Å². The second kappa shape index (κ2) is 5.05. The third-order valence-electron chi connectivity index (χ3n) is 2.50. The molecular formula is C11H16N2O4S. The van der Waals surface area contributed by atoms with E-state index in [1.165, 1.54) is 25.3 Å². The first-order chi connectivity index (χ1) is 8.18. The number of sulfonamides is 1. The fraction of sp³-hybridized carbons (Fsp3) is 0.364. The smallest absolute Gasteiger partial charge is 0.256 e. The van der Waals surface area contributed by atoms with Crippen molar-refractivity contribution >= 4 is 21.6 Å². The van der Waals surface area contributed by atoms with Crippen LogP contribution in [0.1, 0.15) is 13.8 Å². The van der Waals surface area contributed by atoms with E-state index >= 15 is 0 Å². The number of methoxy groups -OCH3 is 1. The molecule has 0 bridgehead atoms. The number of benzene rings is 1. The number of rotatable bonds is 4. The molecular weight excluding hydrogens is 256 g/mol. The van der Waals surface area contributed by atoms with Gasteiger partial charge < -0.3 is 10.1 Å². The van der Waals surface area contributed by atoms with E-state index in [0.29, 0.717) is 0 Å². The highest BCUT2D eigenvalue weighted by Gasteiger charge is 2.28. The van der Waals surface area contributed by atoms with E-state index in [-0.39, 0.29) is 10.6 Å². The van der Waals surface area contributed by atoms with Crippen molar-refractivity contribution < 1.29 is 17.9 Å². The van der Waals surface area contributed by atoms with Crippen LogP contribution in [0.5, 0.6) is 0 Å². The van der Waals surface area contributed by atoms with Gasteiger partial charge in [0.15, 0.2) is 0 Å². The molecule has 0 saturated heterocycles. The second-order valence-electron chi connectivity index (χ2n) is 4.21. The van der Waals surface area contributed by atoms with E-state index in [0.717, 1.165) is 0 Å². The summed E-state index contributed by atoms with van der Waals surface area (Å²) in [6.07, 6.45) is 0. The number of anilines is 1. The first kappa shape index (κ1) is 14.6. The van der Waals surface area contributed by atoms with Gasteiger partial charge in [0, 0.05) is 7.11 Å². The number of amides is 1. The van der Waals surface area contributed by atoms with Gasteiger partial charge in [0.05, 0.1) is 5.69 Å². The highest BCUT2D eigenvalue weighted by Crippen LogP contribution is 2.21. The molecule has 0 heterocycles. The molecule has 0 atom stereocenters. The van der Waals surface area contributed by atoms with Gasteiger partial charge in [-0.15, -0.1) is 0 Å². The molecule has 6 nitrogen and oxygen atoms in total. The summed E-state index contributed by atoms with van der Waals surface area (Å²) in [7, 11) is -2.49. The zero-order chi connectivity index (χ0) is 14.0. The van der Waals surface area contributed by atoms with Crippen molar-refractivity contribution in [3.8, 4) is 0 Å². The number of carbonyl (C=O) groups excluding carboxylic acids is 1. The van der Waals surface area contributed by atoms with Crippen LogP contribution < -0.4 is 10.5 Å². The van der Waals surface area contributed by atoms with Gasteiger partial charge in [-0.2, -0.15) is 0 Å². The third kappa shape index (κ3) is 3.28. The van der Waals surface area contributed by atoms with Crippen LogP contribution in [0.25, 0.3) is 0 Å². The molecule has 0 aliphatic carbocycles. The Labute approximate surface area is 106 Å². The number of para-hydroxylation sites is 1. The van der Waals surface area contributed by atoms with Gasteiger partial charge in [-0.05, 0) is 26.0 Å². The first-order valence-corrected chi connectivity index (χ1v) is 6.71. The Bertz CT molecular complexity index is 552. The molecule has 0 saturated carbocycles. The fourth-order valence-electron chi connectivity index (χ4n) is 1.18. The summed E-state index contributed by atoms with van der Waals surface area (Å²) < 4.78 is 27.7. The molecule has 0 unspecified atom stereocenters. The predicted octanol–water partition coefficient (Wildman–Crippen LogP) is 0.698. The highest BCUT2D eigenvalue weighted by molar-refractivity contribution is 7.89. The SMILES string of the molecule is COC(C)(C)C(=O)Nc1ccccc1S(N)(=O)=O. The van der Waals surface area contributed by atoms with Crippen molar-refractivity contribution in [2.75, 3.05) is 12.4 Å². The van der Waals surface area contributed by atoms with Gasteiger partial charge in [0.1, 0.15) is 10.5 Å². The predicted molar refractivity (Wildman–Crippen MR) is 67.5 cm³/mol. The number of nitrogens with one attached hydrogen (secondary N) is 1. The van der Waals surface area contributed by atoms with E-state index < -0.39 is 21.5 Å². The number of ether oxygens (including phenoxy) is 1. The molecule has 0 aromatic heterocycles. The third-order valence-corrected chi connectivity index (χ3v) is 3.47. The molecule has 7 heteroatoms. The number of carbonyl (C=O) groups is 1. The molecule has 3 N–H and O–H groups in total. The molecule has 1 aromatic rings. The van der Waals surface area contributed by atoms with Gasteiger partial charge in [-0.1, -0.05) is 12.1 Å². The summed E-state index contributed by atoms with van der Waals surface area (Å²) in [4.78, 5) is 11.7. The molecule has 1 amide bonds. The van der Waals surface area contributed by atoms with Crippen molar-refractivity contribution in [3.05, 3.63) is 24.3 Å². The summed E-state index contributed by atoms with van der Waals surface area (Å²) in [5, 5.41) is 7.55. The Hall–Kier alpha value is -1.44. The molecule has 0 fully saturated rings. The lowest BCUT2D eigenvalue weighted by molar-refractivity contribution is -0.133. The summed E-state index contributed by atoms with van der Waals surface area (Å²) in [5.74, 6) is -0.457. The van der Waals surface area contributed by atoms with Crippen LogP contribution in [-0.4, -0.2) is 27.0 Å². The Morgan fingerprint density at radius 3 is 2.39 bits per heavy atom. The first-order valence-electron chi connectivity index (χ1n) is 5.17. The summed E-state index contributed by atoms with van der Waals surface area (Å²) >= 11 is 0.